The normalized spacial score (nSPS) is 26.9. The molecule has 0 radical (unpaired) electrons. The second-order valence-electron chi connectivity index (χ2n) is 4.99. The summed E-state index contributed by atoms with van der Waals surface area (Å²) in [6.07, 6.45) is 0.806. The van der Waals surface area contributed by atoms with Crippen LogP contribution in [0.5, 0.6) is 0 Å². The average Bonchev–Trinajstić information content (AvgIpc) is 2.27. The van der Waals surface area contributed by atoms with Gasteiger partial charge in [0.1, 0.15) is 0 Å². The van der Waals surface area contributed by atoms with E-state index >= 15 is 0 Å². The van der Waals surface area contributed by atoms with E-state index in [1.165, 1.54) is 11.1 Å². The standard InChI is InChI=1S/C14H21NO/c1-11-5-3-4-6-13(11)10-15-8-7-14(16)12(2)9-15/h3-6,12,14,16H,7-10H2,1-2H3/t12-,14+/m1/s1. The molecule has 1 saturated heterocycles. The fraction of sp³-hybridized carbons (Fsp3) is 0.571. The highest BCUT2D eigenvalue weighted by Crippen LogP contribution is 2.19. The van der Waals surface area contributed by atoms with Crippen molar-refractivity contribution in [3.05, 3.63) is 35.4 Å². The van der Waals surface area contributed by atoms with E-state index in [0.717, 1.165) is 26.1 Å². The Morgan fingerprint density at radius 1 is 1.38 bits per heavy atom. The number of benzene rings is 1. The van der Waals surface area contributed by atoms with Crippen LogP contribution in [0.25, 0.3) is 0 Å². The van der Waals surface area contributed by atoms with E-state index in [-0.39, 0.29) is 6.10 Å². The van der Waals surface area contributed by atoms with Crippen molar-refractivity contribution >= 4 is 0 Å². The van der Waals surface area contributed by atoms with Crippen LogP contribution in [0, 0.1) is 12.8 Å². The Morgan fingerprint density at radius 2 is 2.12 bits per heavy atom. The van der Waals surface area contributed by atoms with E-state index < -0.39 is 0 Å². The van der Waals surface area contributed by atoms with Crippen LogP contribution in [0.2, 0.25) is 0 Å². The maximum atomic E-state index is 9.69. The highest BCUT2D eigenvalue weighted by Gasteiger charge is 2.24. The summed E-state index contributed by atoms with van der Waals surface area (Å²) in [6.45, 7) is 7.34. The quantitative estimate of drug-likeness (QED) is 0.824. The van der Waals surface area contributed by atoms with Crippen LogP contribution in [0.1, 0.15) is 24.5 Å². The van der Waals surface area contributed by atoms with Crippen molar-refractivity contribution in [2.75, 3.05) is 13.1 Å². The first-order valence-corrected chi connectivity index (χ1v) is 6.11. The number of hydrogen-bond donors (Lipinski definition) is 1. The Labute approximate surface area is 97.9 Å². The average molecular weight is 219 g/mol. The molecule has 0 bridgehead atoms. The minimum atomic E-state index is -0.104. The lowest BCUT2D eigenvalue weighted by molar-refractivity contribution is 0.0319. The fourth-order valence-electron chi connectivity index (χ4n) is 2.39. The zero-order valence-corrected chi connectivity index (χ0v) is 10.2. The molecule has 2 atom stereocenters. The molecule has 1 aromatic carbocycles. The molecule has 88 valence electrons. The Hall–Kier alpha value is -0.860. The number of likely N-dealkylation sites (tertiary alicyclic amines) is 1. The molecule has 1 aliphatic rings. The Morgan fingerprint density at radius 3 is 2.81 bits per heavy atom. The lowest BCUT2D eigenvalue weighted by Crippen LogP contribution is -2.41. The minimum absolute atomic E-state index is 0.104. The van der Waals surface area contributed by atoms with Crippen LogP contribution in [0.15, 0.2) is 24.3 Å². The summed E-state index contributed by atoms with van der Waals surface area (Å²) in [5, 5.41) is 9.69. The van der Waals surface area contributed by atoms with Crippen LogP contribution in [0.4, 0.5) is 0 Å². The van der Waals surface area contributed by atoms with Gasteiger partial charge in [-0.05, 0) is 30.4 Å². The molecule has 0 aliphatic carbocycles. The number of hydrogen-bond acceptors (Lipinski definition) is 2. The van der Waals surface area contributed by atoms with Gasteiger partial charge >= 0.3 is 0 Å². The van der Waals surface area contributed by atoms with Crippen molar-refractivity contribution in [1.82, 2.24) is 4.90 Å². The van der Waals surface area contributed by atoms with Crippen LogP contribution >= 0.6 is 0 Å². The number of aliphatic hydroxyl groups is 1. The molecule has 1 aromatic rings. The van der Waals surface area contributed by atoms with E-state index in [4.69, 9.17) is 0 Å². The van der Waals surface area contributed by atoms with Gasteiger partial charge in [0.15, 0.2) is 0 Å². The zero-order chi connectivity index (χ0) is 11.5. The summed E-state index contributed by atoms with van der Waals surface area (Å²) in [5.74, 6) is 0.401. The second-order valence-corrected chi connectivity index (χ2v) is 4.99. The first kappa shape index (κ1) is 11.6. The highest BCUT2D eigenvalue weighted by atomic mass is 16.3. The maximum absolute atomic E-state index is 9.69. The number of rotatable bonds is 2. The van der Waals surface area contributed by atoms with Gasteiger partial charge in [0.05, 0.1) is 6.10 Å². The highest BCUT2D eigenvalue weighted by molar-refractivity contribution is 5.25. The molecule has 1 fully saturated rings. The van der Waals surface area contributed by atoms with Crippen molar-refractivity contribution in [3.63, 3.8) is 0 Å². The smallest absolute Gasteiger partial charge is 0.0590 e. The summed E-state index contributed by atoms with van der Waals surface area (Å²) in [6, 6.07) is 8.55. The molecule has 0 spiro atoms. The molecule has 2 heteroatoms. The molecule has 0 saturated carbocycles. The number of aliphatic hydroxyl groups excluding tert-OH is 1. The van der Waals surface area contributed by atoms with Gasteiger partial charge < -0.3 is 5.11 Å². The summed E-state index contributed by atoms with van der Waals surface area (Å²) < 4.78 is 0. The number of piperidine rings is 1. The van der Waals surface area contributed by atoms with Gasteiger partial charge in [-0.1, -0.05) is 31.2 Å². The molecular weight excluding hydrogens is 198 g/mol. The topological polar surface area (TPSA) is 23.5 Å². The molecular formula is C14H21NO. The Kier molecular flexibility index (Phi) is 3.62. The van der Waals surface area contributed by atoms with E-state index in [9.17, 15) is 5.11 Å². The van der Waals surface area contributed by atoms with Crippen LogP contribution < -0.4 is 0 Å². The monoisotopic (exact) mass is 219 g/mol. The van der Waals surface area contributed by atoms with Gasteiger partial charge in [-0.2, -0.15) is 0 Å². The van der Waals surface area contributed by atoms with Crippen molar-refractivity contribution in [1.29, 1.82) is 0 Å². The van der Waals surface area contributed by atoms with Gasteiger partial charge in [-0.15, -0.1) is 0 Å². The van der Waals surface area contributed by atoms with Gasteiger partial charge in [0.2, 0.25) is 0 Å². The minimum Gasteiger partial charge on any atom is -0.393 e. The summed E-state index contributed by atoms with van der Waals surface area (Å²) in [5.41, 5.74) is 2.77. The molecule has 0 aromatic heterocycles. The van der Waals surface area contributed by atoms with Crippen molar-refractivity contribution < 1.29 is 5.11 Å². The summed E-state index contributed by atoms with van der Waals surface area (Å²) >= 11 is 0. The largest absolute Gasteiger partial charge is 0.393 e. The van der Waals surface area contributed by atoms with Crippen LogP contribution in [-0.4, -0.2) is 29.2 Å². The van der Waals surface area contributed by atoms with Crippen LogP contribution in [-0.2, 0) is 6.54 Å². The third-order valence-corrected chi connectivity index (χ3v) is 3.60. The Bertz CT molecular complexity index is 350. The second kappa shape index (κ2) is 4.98. The zero-order valence-electron chi connectivity index (χ0n) is 10.2. The molecule has 0 unspecified atom stereocenters. The molecule has 1 heterocycles. The van der Waals surface area contributed by atoms with Crippen molar-refractivity contribution in [3.8, 4) is 0 Å². The summed E-state index contributed by atoms with van der Waals surface area (Å²) in [7, 11) is 0. The van der Waals surface area contributed by atoms with Gasteiger partial charge in [-0.3, -0.25) is 4.90 Å². The number of aryl methyl sites for hydroxylation is 1. The third kappa shape index (κ3) is 2.63. The van der Waals surface area contributed by atoms with Gasteiger partial charge in [-0.25, -0.2) is 0 Å². The maximum Gasteiger partial charge on any atom is 0.0590 e. The lowest BCUT2D eigenvalue weighted by atomic mass is 9.96. The first-order chi connectivity index (χ1) is 7.66. The van der Waals surface area contributed by atoms with E-state index in [1.807, 2.05) is 0 Å². The molecule has 16 heavy (non-hydrogen) atoms. The lowest BCUT2D eigenvalue weighted by Gasteiger charge is -2.34. The SMILES string of the molecule is Cc1ccccc1CN1CC[C@H](O)[C@H](C)C1. The van der Waals surface area contributed by atoms with E-state index in [1.54, 1.807) is 0 Å². The van der Waals surface area contributed by atoms with Gasteiger partial charge in [0, 0.05) is 19.6 Å². The number of nitrogens with zero attached hydrogens (tertiary/aromatic N) is 1. The van der Waals surface area contributed by atoms with Gasteiger partial charge in [0.25, 0.3) is 0 Å². The predicted octanol–water partition coefficient (Wildman–Crippen LogP) is 2.20. The third-order valence-electron chi connectivity index (χ3n) is 3.60. The predicted molar refractivity (Wildman–Crippen MR) is 66.2 cm³/mol. The van der Waals surface area contributed by atoms with E-state index in [2.05, 4.69) is 43.0 Å². The molecule has 2 rings (SSSR count). The first-order valence-electron chi connectivity index (χ1n) is 6.11. The van der Waals surface area contributed by atoms with Crippen molar-refractivity contribution in [2.24, 2.45) is 5.92 Å². The fourth-order valence-corrected chi connectivity index (χ4v) is 2.39. The Balaban J connectivity index is 1.98. The van der Waals surface area contributed by atoms with Crippen LogP contribution in [0.3, 0.4) is 0 Å². The molecule has 2 nitrogen and oxygen atoms in total. The molecule has 0 amide bonds. The summed E-state index contributed by atoms with van der Waals surface area (Å²) in [4.78, 5) is 2.44. The molecule has 1 aliphatic heterocycles. The molecule has 1 N–H and O–H groups in total. The van der Waals surface area contributed by atoms with E-state index in [0.29, 0.717) is 5.92 Å². The van der Waals surface area contributed by atoms with Crippen molar-refractivity contribution in [2.45, 2.75) is 32.9 Å².